The number of hydrogen-bond donors (Lipinski definition) is 1. The zero-order valence-electron chi connectivity index (χ0n) is 5.30. The second kappa shape index (κ2) is 2.40. The third-order valence-electron chi connectivity index (χ3n) is 1.24. The highest BCUT2D eigenvalue weighted by atomic mass is 15.2. The molecule has 0 saturated heterocycles. The van der Waals surface area contributed by atoms with E-state index in [1.807, 2.05) is 17.3 Å². The van der Waals surface area contributed by atoms with Gasteiger partial charge in [0.25, 0.3) is 0 Å². The van der Waals surface area contributed by atoms with E-state index in [-0.39, 0.29) is 0 Å². The molecule has 0 aromatic rings. The summed E-state index contributed by atoms with van der Waals surface area (Å²) in [5.41, 5.74) is 0.927. The Kier molecular flexibility index (Phi) is 1.58. The van der Waals surface area contributed by atoms with Gasteiger partial charge in [-0.25, -0.2) is 0 Å². The Morgan fingerprint density at radius 2 is 2.56 bits per heavy atom. The SMILES string of the molecule is C=CC(=C)N1C=CNC1. The van der Waals surface area contributed by atoms with Gasteiger partial charge in [0, 0.05) is 18.1 Å². The fraction of sp³-hybridized carbons (Fsp3) is 0.143. The van der Waals surface area contributed by atoms with Crippen LogP contribution in [0.2, 0.25) is 0 Å². The predicted molar refractivity (Wildman–Crippen MR) is 38.3 cm³/mol. The molecule has 1 aliphatic rings. The van der Waals surface area contributed by atoms with Crippen LogP contribution in [0.1, 0.15) is 0 Å². The van der Waals surface area contributed by atoms with Crippen molar-refractivity contribution >= 4 is 0 Å². The minimum atomic E-state index is 0.810. The first-order valence-electron chi connectivity index (χ1n) is 2.82. The summed E-state index contributed by atoms with van der Waals surface area (Å²) in [5, 5.41) is 3.02. The van der Waals surface area contributed by atoms with E-state index in [0.29, 0.717) is 0 Å². The van der Waals surface area contributed by atoms with Crippen molar-refractivity contribution in [3.8, 4) is 0 Å². The van der Waals surface area contributed by atoms with Gasteiger partial charge in [0.05, 0.1) is 6.67 Å². The maximum atomic E-state index is 3.77. The van der Waals surface area contributed by atoms with Gasteiger partial charge >= 0.3 is 0 Å². The smallest absolute Gasteiger partial charge is 0.0915 e. The molecule has 1 N–H and O–H groups in total. The number of rotatable bonds is 2. The highest BCUT2D eigenvalue weighted by Crippen LogP contribution is 2.04. The van der Waals surface area contributed by atoms with E-state index in [2.05, 4.69) is 18.5 Å². The standard InChI is InChI=1S/C7H10N2/c1-3-7(2)9-5-4-8-6-9/h3-5,8H,1-2,6H2. The van der Waals surface area contributed by atoms with E-state index in [9.17, 15) is 0 Å². The molecule has 0 unspecified atom stereocenters. The average molecular weight is 122 g/mol. The average Bonchev–Trinajstić information content (AvgIpc) is 2.37. The summed E-state index contributed by atoms with van der Waals surface area (Å²) in [6, 6.07) is 0. The van der Waals surface area contributed by atoms with E-state index in [1.54, 1.807) is 6.08 Å². The summed E-state index contributed by atoms with van der Waals surface area (Å²) in [7, 11) is 0. The highest BCUT2D eigenvalue weighted by Gasteiger charge is 2.02. The lowest BCUT2D eigenvalue weighted by Crippen LogP contribution is -2.18. The quantitative estimate of drug-likeness (QED) is 0.550. The van der Waals surface area contributed by atoms with Gasteiger partial charge in [-0.05, 0) is 6.08 Å². The lowest BCUT2D eigenvalue weighted by molar-refractivity contribution is 0.498. The third-order valence-corrected chi connectivity index (χ3v) is 1.24. The minimum Gasteiger partial charge on any atom is -0.372 e. The molecular formula is C7H10N2. The van der Waals surface area contributed by atoms with Crippen LogP contribution in [0.4, 0.5) is 0 Å². The van der Waals surface area contributed by atoms with E-state index < -0.39 is 0 Å². The number of nitrogens with zero attached hydrogens (tertiary/aromatic N) is 1. The van der Waals surface area contributed by atoms with E-state index >= 15 is 0 Å². The van der Waals surface area contributed by atoms with Gasteiger partial charge in [-0.3, -0.25) is 0 Å². The second-order valence-corrected chi connectivity index (χ2v) is 1.84. The first-order chi connectivity index (χ1) is 4.34. The molecule has 0 fully saturated rings. The Labute approximate surface area is 55.2 Å². The molecule has 1 rings (SSSR count). The molecule has 0 bridgehead atoms. The molecule has 0 amide bonds. The van der Waals surface area contributed by atoms with E-state index in [0.717, 1.165) is 12.4 Å². The normalized spacial score (nSPS) is 15.3. The van der Waals surface area contributed by atoms with Gasteiger partial charge in [0.1, 0.15) is 0 Å². The van der Waals surface area contributed by atoms with Gasteiger partial charge in [0.2, 0.25) is 0 Å². The van der Waals surface area contributed by atoms with Crippen LogP contribution in [0.25, 0.3) is 0 Å². The van der Waals surface area contributed by atoms with Crippen LogP contribution >= 0.6 is 0 Å². The Balaban J connectivity index is 2.52. The molecule has 0 spiro atoms. The van der Waals surface area contributed by atoms with Gasteiger partial charge in [0.15, 0.2) is 0 Å². The van der Waals surface area contributed by atoms with Gasteiger partial charge in [-0.15, -0.1) is 0 Å². The summed E-state index contributed by atoms with van der Waals surface area (Å²) >= 11 is 0. The van der Waals surface area contributed by atoms with Crippen LogP contribution in [0, 0.1) is 0 Å². The second-order valence-electron chi connectivity index (χ2n) is 1.84. The van der Waals surface area contributed by atoms with Crippen LogP contribution in [-0.2, 0) is 0 Å². The number of hydrogen-bond acceptors (Lipinski definition) is 2. The Hall–Kier alpha value is -1.18. The third kappa shape index (κ3) is 1.13. The summed E-state index contributed by atoms with van der Waals surface area (Å²) in [4.78, 5) is 1.98. The Bertz CT molecular complexity index is 158. The summed E-state index contributed by atoms with van der Waals surface area (Å²) < 4.78 is 0. The molecule has 2 heteroatoms. The van der Waals surface area contributed by atoms with Crippen molar-refractivity contribution in [3.63, 3.8) is 0 Å². The summed E-state index contributed by atoms with van der Waals surface area (Å²) in [6.07, 6.45) is 5.55. The lowest BCUT2D eigenvalue weighted by atomic mass is 10.4. The molecular weight excluding hydrogens is 112 g/mol. The molecule has 0 atom stereocenters. The van der Waals surface area contributed by atoms with Crippen LogP contribution in [0.3, 0.4) is 0 Å². The number of allylic oxidation sites excluding steroid dienone is 1. The zero-order chi connectivity index (χ0) is 6.69. The van der Waals surface area contributed by atoms with Gasteiger partial charge < -0.3 is 10.2 Å². The topological polar surface area (TPSA) is 15.3 Å². The van der Waals surface area contributed by atoms with Crippen LogP contribution in [0.5, 0.6) is 0 Å². The molecule has 0 radical (unpaired) electrons. The fourth-order valence-corrected chi connectivity index (χ4v) is 0.661. The maximum absolute atomic E-state index is 3.77. The van der Waals surface area contributed by atoms with Crippen LogP contribution in [0.15, 0.2) is 37.3 Å². The predicted octanol–water partition coefficient (Wildman–Crippen LogP) is 1.02. The summed E-state index contributed by atoms with van der Waals surface area (Å²) in [5.74, 6) is 0. The zero-order valence-corrected chi connectivity index (χ0v) is 5.30. The maximum Gasteiger partial charge on any atom is 0.0915 e. The van der Waals surface area contributed by atoms with E-state index in [4.69, 9.17) is 0 Å². The highest BCUT2D eigenvalue weighted by molar-refractivity contribution is 5.14. The van der Waals surface area contributed by atoms with Crippen molar-refractivity contribution in [1.29, 1.82) is 0 Å². The van der Waals surface area contributed by atoms with Crippen LogP contribution < -0.4 is 5.32 Å². The number of nitrogens with one attached hydrogen (secondary N) is 1. The van der Waals surface area contributed by atoms with Crippen molar-refractivity contribution in [2.24, 2.45) is 0 Å². The molecule has 2 nitrogen and oxygen atoms in total. The van der Waals surface area contributed by atoms with Crippen molar-refractivity contribution in [2.75, 3.05) is 6.67 Å². The first kappa shape index (κ1) is 5.95. The molecule has 0 saturated carbocycles. The van der Waals surface area contributed by atoms with Crippen molar-refractivity contribution in [2.45, 2.75) is 0 Å². The summed E-state index contributed by atoms with van der Waals surface area (Å²) in [6.45, 7) is 8.18. The van der Waals surface area contributed by atoms with E-state index in [1.165, 1.54) is 0 Å². The van der Waals surface area contributed by atoms with Crippen LogP contribution in [-0.4, -0.2) is 11.6 Å². The molecule has 1 heterocycles. The largest absolute Gasteiger partial charge is 0.372 e. The first-order valence-corrected chi connectivity index (χ1v) is 2.82. The molecule has 0 aromatic carbocycles. The Morgan fingerprint density at radius 1 is 1.78 bits per heavy atom. The molecule has 0 aromatic heterocycles. The molecule has 48 valence electrons. The van der Waals surface area contributed by atoms with Crippen molar-refractivity contribution in [3.05, 3.63) is 37.3 Å². The molecule has 1 aliphatic heterocycles. The lowest BCUT2D eigenvalue weighted by Gasteiger charge is -2.13. The van der Waals surface area contributed by atoms with Crippen molar-refractivity contribution < 1.29 is 0 Å². The van der Waals surface area contributed by atoms with Gasteiger partial charge in [-0.2, -0.15) is 0 Å². The minimum absolute atomic E-state index is 0.810. The van der Waals surface area contributed by atoms with Crippen molar-refractivity contribution in [1.82, 2.24) is 10.2 Å². The monoisotopic (exact) mass is 122 g/mol. The molecule has 0 aliphatic carbocycles. The molecule has 9 heavy (non-hydrogen) atoms. The fourth-order valence-electron chi connectivity index (χ4n) is 0.661. The van der Waals surface area contributed by atoms with Gasteiger partial charge in [-0.1, -0.05) is 13.2 Å². The Morgan fingerprint density at radius 3 is 3.00 bits per heavy atom.